The normalized spacial score (nSPS) is 10.8. The van der Waals surface area contributed by atoms with Crippen molar-refractivity contribution >= 4 is 38.6 Å². The first-order valence-electron chi connectivity index (χ1n) is 6.15. The Labute approximate surface area is 129 Å². The number of benzene rings is 2. The summed E-state index contributed by atoms with van der Waals surface area (Å²) in [5.41, 5.74) is 1.41. The standard InChI is InChI=1S/C15H14N2O2S2/c1-17(2)13-4-3-5-15(10-13)21(18,19)14-8-6-12(7-9-14)16-11-20/h3-10H,1-2H3. The first-order valence-corrected chi connectivity index (χ1v) is 8.05. The fourth-order valence-corrected chi connectivity index (χ4v) is 3.22. The fourth-order valence-electron chi connectivity index (χ4n) is 1.82. The lowest BCUT2D eigenvalue weighted by Crippen LogP contribution is -2.10. The molecule has 108 valence electrons. The summed E-state index contributed by atoms with van der Waals surface area (Å²) < 4.78 is 25.2. The smallest absolute Gasteiger partial charge is 0.206 e. The molecule has 0 spiro atoms. The Morgan fingerprint density at radius 1 is 1.05 bits per heavy atom. The molecule has 0 radical (unpaired) electrons. The molecule has 0 unspecified atom stereocenters. The molecule has 0 N–H and O–H groups in total. The zero-order valence-corrected chi connectivity index (χ0v) is 13.3. The van der Waals surface area contributed by atoms with Gasteiger partial charge in [-0.1, -0.05) is 6.07 Å². The number of rotatable bonds is 4. The van der Waals surface area contributed by atoms with Crippen molar-refractivity contribution in [3.8, 4) is 0 Å². The van der Waals surface area contributed by atoms with Gasteiger partial charge in [0.05, 0.1) is 20.6 Å². The Balaban J connectivity index is 2.46. The van der Waals surface area contributed by atoms with Crippen molar-refractivity contribution in [3.63, 3.8) is 0 Å². The zero-order chi connectivity index (χ0) is 15.5. The van der Waals surface area contributed by atoms with E-state index in [1.54, 1.807) is 30.3 Å². The van der Waals surface area contributed by atoms with Crippen molar-refractivity contribution in [1.82, 2.24) is 0 Å². The number of hydrogen-bond donors (Lipinski definition) is 0. The monoisotopic (exact) mass is 318 g/mol. The second kappa shape index (κ2) is 6.18. The number of hydrogen-bond acceptors (Lipinski definition) is 5. The Morgan fingerprint density at radius 2 is 1.71 bits per heavy atom. The van der Waals surface area contributed by atoms with E-state index in [1.165, 1.54) is 12.1 Å². The number of isothiocyanates is 1. The Morgan fingerprint density at radius 3 is 2.29 bits per heavy atom. The summed E-state index contributed by atoms with van der Waals surface area (Å²) in [6.07, 6.45) is 0. The van der Waals surface area contributed by atoms with Crippen LogP contribution in [0.25, 0.3) is 0 Å². The van der Waals surface area contributed by atoms with Gasteiger partial charge in [0.15, 0.2) is 0 Å². The Hall–Kier alpha value is -2.01. The van der Waals surface area contributed by atoms with Crippen molar-refractivity contribution in [3.05, 3.63) is 48.5 Å². The van der Waals surface area contributed by atoms with E-state index in [9.17, 15) is 8.42 Å². The molecule has 0 aliphatic carbocycles. The third-order valence-corrected chi connectivity index (χ3v) is 4.82. The third kappa shape index (κ3) is 3.36. The average Bonchev–Trinajstić information content (AvgIpc) is 2.48. The second-order valence-electron chi connectivity index (χ2n) is 4.59. The van der Waals surface area contributed by atoms with Crippen LogP contribution >= 0.6 is 12.2 Å². The first-order chi connectivity index (χ1) is 9.95. The van der Waals surface area contributed by atoms with E-state index in [-0.39, 0.29) is 9.79 Å². The highest BCUT2D eigenvalue weighted by atomic mass is 32.2. The molecule has 2 aromatic rings. The van der Waals surface area contributed by atoms with Crippen LogP contribution in [0.4, 0.5) is 11.4 Å². The SMILES string of the molecule is CN(C)c1cccc(S(=O)(=O)c2ccc(N=C=S)cc2)c1. The summed E-state index contributed by atoms with van der Waals surface area (Å²) in [7, 11) is 0.188. The maximum Gasteiger partial charge on any atom is 0.206 e. The number of aliphatic imine (C=N–C) groups is 1. The average molecular weight is 318 g/mol. The van der Waals surface area contributed by atoms with Crippen LogP contribution in [0.3, 0.4) is 0 Å². The lowest BCUT2D eigenvalue weighted by atomic mass is 10.3. The van der Waals surface area contributed by atoms with E-state index in [4.69, 9.17) is 0 Å². The van der Waals surface area contributed by atoms with E-state index < -0.39 is 9.84 Å². The topological polar surface area (TPSA) is 49.7 Å². The highest BCUT2D eigenvalue weighted by Gasteiger charge is 2.18. The van der Waals surface area contributed by atoms with Gasteiger partial charge in [0.1, 0.15) is 0 Å². The number of sulfone groups is 1. The predicted octanol–water partition coefficient (Wildman–Crippen LogP) is 3.32. The van der Waals surface area contributed by atoms with Crippen LogP contribution in [0.1, 0.15) is 0 Å². The van der Waals surface area contributed by atoms with Gasteiger partial charge in [-0.15, -0.1) is 0 Å². The molecule has 0 amide bonds. The molecule has 0 saturated carbocycles. The molecule has 2 rings (SSSR count). The Bertz CT molecular complexity index is 791. The number of thiocarbonyl (C=S) groups is 1. The van der Waals surface area contributed by atoms with Gasteiger partial charge in [-0.2, -0.15) is 4.99 Å². The zero-order valence-electron chi connectivity index (χ0n) is 11.6. The van der Waals surface area contributed by atoms with Gasteiger partial charge in [-0.3, -0.25) is 0 Å². The lowest BCUT2D eigenvalue weighted by Gasteiger charge is -2.13. The summed E-state index contributed by atoms with van der Waals surface area (Å²) in [6, 6.07) is 13.1. The maximum absolute atomic E-state index is 12.6. The summed E-state index contributed by atoms with van der Waals surface area (Å²) >= 11 is 4.52. The highest BCUT2D eigenvalue weighted by molar-refractivity contribution is 7.91. The summed E-state index contributed by atoms with van der Waals surface area (Å²) in [5.74, 6) is 0. The van der Waals surface area contributed by atoms with Crippen molar-refractivity contribution in [1.29, 1.82) is 0 Å². The van der Waals surface area contributed by atoms with Crippen LogP contribution < -0.4 is 4.90 Å². The second-order valence-corrected chi connectivity index (χ2v) is 6.72. The van der Waals surface area contributed by atoms with Crippen LogP contribution in [-0.2, 0) is 9.84 Å². The molecular formula is C15H14N2O2S2. The molecule has 0 aliphatic heterocycles. The minimum Gasteiger partial charge on any atom is -0.378 e. The molecular weight excluding hydrogens is 304 g/mol. The van der Waals surface area contributed by atoms with Crippen molar-refractivity contribution in [2.24, 2.45) is 4.99 Å². The molecule has 0 bridgehead atoms. The van der Waals surface area contributed by atoms with Crippen LogP contribution in [0, 0.1) is 0 Å². The molecule has 0 aliphatic rings. The minimum absolute atomic E-state index is 0.224. The molecule has 21 heavy (non-hydrogen) atoms. The van der Waals surface area contributed by atoms with Crippen LogP contribution in [-0.4, -0.2) is 27.7 Å². The van der Waals surface area contributed by atoms with Crippen LogP contribution in [0.15, 0.2) is 63.3 Å². The van der Waals surface area contributed by atoms with E-state index in [2.05, 4.69) is 22.4 Å². The molecule has 2 aromatic carbocycles. The Kier molecular flexibility index (Phi) is 4.53. The van der Waals surface area contributed by atoms with Gasteiger partial charge >= 0.3 is 0 Å². The van der Waals surface area contributed by atoms with Gasteiger partial charge in [-0.25, -0.2) is 8.42 Å². The van der Waals surface area contributed by atoms with E-state index in [0.29, 0.717) is 5.69 Å². The van der Waals surface area contributed by atoms with Crippen LogP contribution in [0.5, 0.6) is 0 Å². The van der Waals surface area contributed by atoms with Crippen LogP contribution in [0.2, 0.25) is 0 Å². The van der Waals surface area contributed by atoms with E-state index in [0.717, 1.165) is 5.69 Å². The molecule has 0 aromatic heterocycles. The van der Waals surface area contributed by atoms with Gasteiger partial charge in [0.2, 0.25) is 9.84 Å². The molecule has 0 atom stereocenters. The van der Waals surface area contributed by atoms with E-state index in [1.807, 2.05) is 25.1 Å². The summed E-state index contributed by atoms with van der Waals surface area (Å²) in [5, 5.41) is 2.25. The molecule has 4 nitrogen and oxygen atoms in total. The minimum atomic E-state index is -3.54. The maximum atomic E-state index is 12.6. The molecule has 0 fully saturated rings. The van der Waals surface area contributed by atoms with Gasteiger partial charge in [0, 0.05) is 19.8 Å². The largest absolute Gasteiger partial charge is 0.378 e. The fraction of sp³-hybridized carbons (Fsp3) is 0.133. The molecule has 0 saturated heterocycles. The number of anilines is 1. The molecule has 6 heteroatoms. The lowest BCUT2D eigenvalue weighted by molar-refractivity contribution is 0.596. The molecule has 0 heterocycles. The predicted molar refractivity (Wildman–Crippen MR) is 87.3 cm³/mol. The van der Waals surface area contributed by atoms with Gasteiger partial charge in [0.25, 0.3) is 0 Å². The van der Waals surface area contributed by atoms with Crippen molar-refractivity contribution < 1.29 is 8.42 Å². The van der Waals surface area contributed by atoms with Crippen molar-refractivity contribution in [2.75, 3.05) is 19.0 Å². The number of nitrogens with zero attached hydrogens (tertiary/aromatic N) is 2. The van der Waals surface area contributed by atoms with E-state index >= 15 is 0 Å². The van der Waals surface area contributed by atoms with Crippen molar-refractivity contribution in [2.45, 2.75) is 9.79 Å². The van der Waals surface area contributed by atoms with Gasteiger partial charge < -0.3 is 4.90 Å². The summed E-state index contributed by atoms with van der Waals surface area (Å²) in [4.78, 5) is 6.15. The quantitative estimate of drug-likeness (QED) is 0.641. The highest BCUT2D eigenvalue weighted by Crippen LogP contribution is 2.25. The van der Waals surface area contributed by atoms with Gasteiger partial charge in [-0.05, 0) is 54.7 Å². The third-order valence-electron chi connectivity index (χ3n) is 2.97. The first kappa shape index (κ1) is 15.4. The summed E-state index contributed by atoms with van der Waals surface area (Å²) in [6.45, 7) is 0.